The molecule has 2 N–H and O–H groups in total. The molecular formula is C22H15N7O2. The number of furan rings is 1. The van der Waals surface area contributed by atoms with E-state index in [1.807, 2.05) is 42.5 Å². The SMILES string of the molecule is Nc1nc2c(cnn2C(C=O)c2ccc3ccccc3c2)c2nc(-c3ccco3)nn12. The zero-order chi connectivity index (χ0) is 20.9. The molecule has 0 aliphatic rings. The molecule has 0 saturated carbocycles. The van der Waals surface area contributed by atoms with Gasteiger partial charge >= 0.3 is 0 Å². The summed E-state index contributed by atoms with van der Waals surface area (Å²) in [6.07, 6.45) is 4.01. The van der Waals surface area contributed by atoms with Crippen molar-refractivity contribution in [1.29, 1.82) is 0 Å². The minimum Gasteiger partial charge on any atom is -0.461 e. The first kappa shape index (κ1) is 17.3. The maximum atomic E-state index is 12.1. The van der Waals surface area contributed by atoms with E-state index in [4.69, 9.17) is 10.2 Å². The van der Waals surface area contributed by atoms with Gasteiger partial charge in [0.1, 0.15) is 12.3 Å². The quantitative estimate of drug-likeness (QED) is 0.444. The Bertz CT molecular complexity index is 1580. The number of benzene rings is 2. The number of aldehydes is 1. The first-order valence-corrected chi connectivity index (χ1v) is 9.60. The lowest BCUT2D eigenvalue weighted by Crippen LogP contribution is -2.15. The summed E-state index contributed by atoms with van der Waals surface area (Å²) in [5, 5.41) is 11.6. The van der Waals surface area contributed by atoms with Crippen molar-refractivity contribution in [1.82, 2.24) is 29.4 Å². The largest absolute Gasteiger partial charge is 0.461 e. The Morgan fingerprint density at radius 2 is 1.87 bits per heavy atom. The van der Waals surface area contributed by atoms with E-state index in [-0.39, 0.29) is 5.95 Å². The summed E-state index contributed by atoms with van der Waals surface area (Å²) in [6, 6.07) is 16.7. The molecule has 0 amide bonds. The Balaban J connectivity index is 1.54. The molecule has 0 fully saturated rings. The molecule has 9 heteroatoms. The fraction of sp³-hybridized carbons (Fsp3) is 0.0455. The smallest absolute Gasteiger partial charge is 0.225 e. The van der Waals surface area contributed by atoms with Crippen LogP contribution in [0.15, 0.2) is 71.5 Å². The number of nitrogens with two attached hydrogens (primary N) is 1. The third kappa shape index (κ3) is 2.60. The Hall–Kier alpha value is -4.53. The van der Waals surface area contributed by atoms with Gasteiger partial charge in [-0.1, -0.05) is 36.4 Å². The molecule has 4 aromatic heterocycles. The van der Waals surface area contributed by atoms with E-state index < -0.39 is 6.04 Å². The van der Waals surface area contributed by atoms with Crippen molar-refractivity contribution < 1.29 is 9.21 Å². The molecule has 1 unspecified atom stereocenters. The molecule has 0 aliphatic carbocycles. The molecule has 0 saturated heterocycles. The fourth-order valence-electron chi connectivity index (χ4n) is 3.81. The van der Waals surface area contributed by atoms with Crippen LogP contribution < -0.4 is 5.73 Å². The molecule has 31 heavy (non-hydrogen) atoms. The van der Waals surface area contributed by atoms with Gasteiger partial charge < -0.3 is 14.9 Å². The number of aromatic nitrogens is 6. The Morgan fingerprint density at radius 3 is 2.68 bits per heavy atom. The van der Waals surface area contributed by atoms with Crippen molar-refractivity contribution in [2.24, 2.45) is 0 Å². The number of carbonyl (C=O) groups is 1. The lowest BCUT2D eigenvalue weighted by Gasteiger charge is -2.13. The van der Waals surface area contributed by atoms with Crippen LogP contribution in [-0.4, -0.2) is 35.6 Å². The highest BCUT2D eigenvalue weighted by Gasteiger charge is 2.22. The second-order valence-corrected chi connectivity index (χ2v) is 7.13. The topological polar surface area (TPSA) is 117 Å². The van der Waals surface area contributed by atoms with Crippen LogP contribution in [0.1, 0.15) is 11.6 Å². The summed E-state index contributed by atoms with van der Waals surface area (Å²) in [6.45, 7) is 0. The van der Waals surface area contributed by atoms with Gasteiger partial charge in [0, 0.05) is 0 Å². The molecule has 6 aromatic rings. The minimum atomic E-state index is -0.663. The summed E-state index contributed by atoms with van der Waals surface area (Å²) in [5.41, 5.74) is 7.91. The van der Waals surface area contributed by atoms with Crippen molar-refractivity contribution in [3.63, 3.8) is 0 Å². The standard InChI is InChI=1S/C22H15N7O2/c23-22-26-21-16(20-25-19(27-29(20)22)18-6-3-9-31-18)11-24-28(21)17(12-30)15-8-7-13-4-1-2-5-14(13)10-15/h1-12,17H,(H2,23,26). The molecule has 0 bridgehead atoms. The van der Waals surface area contributed by atoms with Crippen LogP contribution in [0.5, 0.6) is 0 Å². The van der Waals surface area contributed by atoms with E-state index in [0.29, 0.717) is 28.3 Å². The Labute approximate surface area is 174 Å². The normalized spacial score (nSPS) is 12.6. The van der Waals surface area contributed by atoms with Crippen molar-refractivity contribution >= 4 is 39.7 Å². The minimum absolute atomic E-state index is 0.137. The van der Waals surface area contributed by atoms with Crippen molar-refractivity contribution in [2.75, 3.05) is 5.73 Å². The van der Waals surface area contributed by atoms with Gasteiger partial charge in [0.25, 0.3) is 0 Å². The Morgan fingerprint density at radius 1 is 1.00 bits per heavy atom. The van der Waals surface area contributed by atoms with E-state index in [2.05, 4.69) is 20.2 Å². The summed E-state index contributed by atoms with van der Waals surface area (Å²) in [7, 11) is 0. The highest BCUT2D eigenvalue weighted by molar-refractivity contribution is 5.91. The van der Waals surface area contributed by atoms with Gasteiger partial charge in [-0.15, -0.1) is 5.10 Å². The maximum Gasteiger partial charge on any atom is 0.225 e. The molecule has 0 radical (unpaired) electrons. The molecule has 4 heterocycles. The average molecular weight is 409 g/mol. The lowest BCUT2D eigenvalue weighted by molar-refractivity contribution is -0.109. The number of anilines is 1. The van der Waals surface area contributed by atoms with E-state index in [9.17, 15) is 4.79 Å². The summed E-state index contributed by atoms with van der Waals surface area (Å²) in [5.74, 6) is 1.04. The average Bonchev–Trinajstić information content (AvgIpc) is 3.54. The number of carbonyl (C=O) groups excluding carboxylic acids is 1. The van der Waals surface area contributed by atoms with Crippen molar-refractivity contribution in [3.05, 3.63) is 72.6 Å². The van der Waals surface area contributed by atoms with Gasteiger partial charge in [0.05, 0.1) is 17.8 Å². The van der Waals surface area contributed by atoms with Gasteiger partial charge in [0.2, 0.25) is 11.8 Å². The second-order valence-electron chi connectivity index (χ2n) is 7.13. The molecular weight excluding hydrogens is 394 g/mol. The van der Waals surface area contributed by atoms with Crippen LogP contribution in [0.25, 0.3) is 39.0 Å². The van der Waals surface area contributed by atoms with Gasteiger partial charge in [-0.05, 0) is 34.5 Å². The van der Waals surface area contributed by atoms with E-state index in [1.165, 1.54) is 4.52 Å². The van der Waals surface area contributed by atoms with Crippen LogP contribution in [0.4, 0.5) is 5.95 Å². The number of nitrogens with zero attached hydrogens (tertiary/aromatic N) is 6. The third-order valence-corrected chi connectivity index (χ3v) is 5.30. The van der Waals surface area contributed by atoms with Crippen LogP contribution in [0.2, 0.25) is 0 Å². The van der Waals surface area contributed by atoms with Gasteiger partial charge in [0.15, 0.2) is 17.1 Å². The van der Waals surface area contributed by atoms with Crippen LogP contribution in [-0.2, 0) is 4.79 Å². The summed E-state index contributed by atoms with van der Waals surface area (Å²) < 4.78 is 8.39. The van der Waals surface area contributed by atoms with Crippen LogP contribution in [0, 0.1) is 0 Å². The van der Waals surface area contributed by atoms with Crippen molar-refractivity contribution in [2.45, 2.75) is 6.04 Å². The molecule has 9 nitrogen and oxygen atoms in total. The molecule has 0 aliphatic heterocycles. The van der Waals surface area contributed by atoms with Crippen LogP contribution in [0.3, 0.4) is 0 Å². The first-order valence-electron chi connectivity index (χ1n) is 9.60. The lowest BCUT2D eigenvalue weighted by atomic mass is 10.0. The van der Waals surface area contributed by atoms with Crippen molar-refractivity contribution in [3.8, 4) is 11.6 Å². The van der Waals surface area contributed by atoms with Gasteiger partial charge in [-0.25, -0.2) is 9.67 Å². The number of hydrogen-bond donors (Lipinski definition) is 1. The second kappa shape index (κ2) is 6.49. The molecule has 0 spiro atoms. The molecule has 2 aromatic carbocycles. The zero-order valence-corrected chi connectivity index (χ0v) is 16.1. The first-order chi connectivity index (χ1) is 15.2. The summed E-state index contributed by atoms with van der Waals surface area (Å²) in [4.78, 5) is 21.1. The number of hydrogen-bond acceptors (Lipinski definition) is 7. The van der Waals surface area contributed by atoms with E-state index in [1.54, 1.807) is 29.3 Å². The van der Waals surface area contributed by atoms with E-state index >= 15 is 0 Å². The fourth-order valence-corrected chi connectivity index (χ4v) is 3.81. The zero-order valence-electron chi connectivity index (χ0n) is 16.1. The monoisotopic (exact) mass is 409 g/mol. The highest BCUT2D eigenvalue weighted by atomic mass is 16.3. The molecule has 6 rings (SSSR count). The predicted octanol–water partition coefficient (Wildman–Crippen LogP) is 3.26. The van der Waals surface area contributed by atoms with E-state index in [0.717, 1.165) is 22.6 Å². The number of rotatable bonds is 4. The maximum absolute atomic E-state index is 12.1. The number of fused-ring (bicyclic) bond motifs is 4. The van der Waals surface area contributed by atoms with Crippen LogP contribution >= 0.6 is 0 Å². The predicted molar refractivity (Wildman–Crippen MR) is 114 cm³/mol. The summed E-state index contributed by atoms with van der Waals surface area (Å²) >= 11 is 0. The Kier molecular flexibility index (Phi) is 3.63. The molecule has 1 atom stereocenters. The van der Waals surface area contributed by atoms with Gasteiger partial charge in [-0.3, -0.25) is 0 Å². The third-order valence-electron chi connectivity index (χ3n) is 5.30. The van der Waals surface area contributed by atoms with Gasteiger partial charge in [-0.2, -0.15) is 14.6 Å². The highest BCUT2D eigenvalue weighted by Crippen LogP contribution is 2.28. The molecule has 150 valence electrons. The number of nitrogen functional groups attached to an aromatic ring is 1.